The van der Waals surface area contributed by atoms with Crippen molar-refractivity contribution in [2.45, 2.75) is 25.8 Å². The van der Waals surface area contributed by atoms with Gasteiger partial charge in [-0.05, 0) is 31.9 Å². The van der Waals surface area contributed by atoms with E-state index in [1.165, 1.54) is 13.8 Å². The largest absolute Gasteiger partial charge is 0.496 e. The molecule has 0 bridgehead atoms. The normalized spacial score (nSPS) is 10.8. The molecule has 1 rings (SSSR count). The van der Waals surface area contributed by atoms with Crippen LogP contribution in [0.15, 0.2) is 24.3 Å². The summed E-state index contributed by atoms with van der Waals surface area (Å²) in [4.78, 5) is 22.5. The Morgan fingerprint density at radius 1 is 1.30 bits per heavy atom. The van der Waals surface area contributed by atoms with Crippen molar-refractivity contribution in [1.29, 1.82) is 0 Å². The van der Waals surface area contributed by atoms with Crippen LogP contribution in [-0.4, -0.2) is 36.3 Å². The SMILES string of the molecule is COc1ccccc1CCNC(=O)NC(C)(C)C(=O)O. The van der Waals surface area contributed by atoms with Crippen molar-refractivity contribution in [2.75, 3.05) is 13.7 Å². The zero-order chi connectivity index (χ0) is 15.2. The maximum absolute atomic E-state index is 11.6. The molecular formula is C14H20N2O4. The van der Waals surface area contributed by atoms with Gasteiger partial charge < -0.3 is 20.5 Å². The summed E-state index contributed by atoms with van der Waals surface area (Å²) in [7, 11) is 1.59. The third-order valence-corrected chi connectivity index (χ3v) is 2.83. The van der Waals surface area contributed by atoms with Crippen molar-refractivity contribution in [3.63, 3.8) is 0 Å². The fraction of sp³-hybridized carbons (Fsp3) is 0.429. The van der Waals surface area contributed by atoms with Crippen molar-refractivity contribution >= 4 is 12.0 Å². The number of rotatable bonds is 6. The molecule has 1 aromatic carbocycles. The molecule has 0 heterocycles. The molecule has 3 N–H and O–H groups in total. The van der Waals surface area contributed by atoms with Crippen LogP contribution < -0.4 is 15.4 Å². The van der Waals surface area contributed by atoms with Gasteiger partial charge in [0.25, 0.3) is 0 Å². The van der Waals surface area contributed by atoms with Crippen LogP contribution in [0, 0.1) is 0 Å². The number of benzene rings is 1. The van der Waals surface area contributed by atoms with Gasteiger partial charge >= 0.3 is 12.0 Å². The van der Waals surface area contributed by atoms with E-state index in [1.54, 1.807) is 7.11 Å². The quantitative estimate of drug-likeness (QED) is 0.735. The molecule has 0 aliphatic rings. The summed E-state index contributed by atoms with van der Waals surface area (Å²) in [6.45, 7) is 3.24. The highest BCUT2D eigenvalue weighted by Gasteiger charge is 2.28. The van der Waals surface area contributed by atoms with Crippen molar-refractivity contribution in [3.05, 3.63) is 29.8 Å². The summed E-state index contributed by atoms with van der Waals surface area (Å²) < 4.78 is 5.21. The van der Waals surface area contributed by atoms with Gasteiger partial charge in [0.15, 0.2) is 0 Å². The fourth-order valence-electron chi connectivity index (χ4n) is 1.60. The number of urea groups is 1. The number of hydrogen-bond donors (Lipinski definition) is 3. The van der Waals surface area contributed by atoms with Gasteiger partial charge in [-0.15, -0.1) is 0 Å². The van der Waals surface area contributed by atoms with Crippen molar-refractivity contribution in [1.82, 2.24) is 10.6 Å². The van der Waals surface area contributed by atoms with Crippen LogP contribution in [0.2, 0.25) is 0 Å². The van der Waals surface area contributed by atoms with Crippen LogP contribution in [0.3, 0.4) is 0 Å². The Hall–Kier alpha value is -2.24. The van der Waals surface area contributed by atoms with E-state index in [4.69, 9.17) is 9.84 Å². The zero-order valence-corrected chi connectivity index (χ0v) is 11.9. The monoisotopic (exact) mass is 280 g/mol. The molecule has 2 amide bonds. The van der Waals surface area contributed by atoms with Crippen molar-refractivity contribution in [2.24, 2.45) is 0 Å². The molecule has 0 aliphatic carbocycles. The smallest absolute Gasteiger partial charge is 0.328 e. The second-order valence-electron chi connectivity index (χ2n) is 4.87. The third kappa shape index (κ3) is 4.46. The average molecular weight is 280 g/mol. The van der Waals surface area contributed by atoms with Gasteiger partial charge in [0.05, 0.1) is 7.11 Å². The van der Waals surface area contributed by atoms with E-state index < -0.39 is 17.5 Å². The van der Waals surface area contributed by atoms with Crippen LogP contribution in [0.25, 0.3) is 0 Å². The highest BCUT2D eigenvalue weighted by Crippen LogP contribution is 2.17. The first-order chi connectivity index (χ1) is 9.36. The van der Waals surface area contributed by atoms with Crippen molar-refractivity contribution < 1.29 is 19.4 Å². The minimum Gasteiger partial charge on any atom is -0.496 e. The number of amides is 2. The van der Waals surface area contributed by atoms with E-state index in [1.807, 2.05) is 24.3 Å². The Kier molecular flexibility index (Phi) is 5.37. The molecule has 0 fully saturated rings. The van der Waals surface area contributed by atoms with E-state index in [0.29, 0.717) is 13.0 Å². The summed E-state index contributed by atoms with van der Waals surface area (Å²) in [5.41, 5.74) is -0.318. The van der Waals surface area contributed by atoms with E-state index in [2.05, 4.69) is 10.6 Å². The first kappa shape index (κ1) is 15.8. The number of carbonyl (C=O) groups excluding carboxylic acids is 1. The Labute approximate surface area is 118 Å². The first-order valence-electron chi connectivity index (χ1n) is 6.28. The Morgan fingerprint density at radius 2 is 1.95 bits per heavy atom. The molecule has 0 radical (unpaired) electrons. The third-order valence-electron chi connectivity index (χ3n) is 2.83. The predicted octanol–water partition coefficient (Wildman–Crippen LogP) is 1.40. The summed E-state index contributed by atoms with van der Waals surface area (Å²) in [5, 5.41) is 13.9. The van der Waals surface area contributed by atoms with Gasteiger partial charge in [0.1, 0.15) is 11.3 Å². The van der Waals surface area contributed by atoms with Gasteiger partial charge in [-0.25, -0.2) is 9.59 Å². The molecular weight excluding hydrogens is 260 g/mol. The van der Waals surface area contributed by atoms with E-state index in [-0.39, 0.29) is 0 Å². The fourth-order valence-corrected chi connectivity index (χ4v) is 1.60. The molecule has 20 heavy (non-hydrogen) atoms. The van der Waals surface area contributed by atoms with E-state index in [9.17, 15) is 9.59 Å². The lowest BCUT2D eigenvalue weighted by molar-refractivity contribution is -0.142. The topological polar surface area (TPSA) is 87.7 Å². The Morgan fingerprint density at radius 3 is 2.55 bits per heavy atom. The molecule has 0 aromatic heterocycles. The van der Waals surface area contributed by atoms with Gasteiger partial charge in [0, 0.05) is 6.54 Å². The lowest BCUT2D eigenvalue weighted by Crippen LogP contribution is -2.53. The van der Waals surface area contributed by atoms with Crippen LogP contribution in [-0.2, 0) is 11.2 Å². The number of carbonyl (C=O) groups is 2. The summed E-state index contributed by atoms with van der Waals surface area (Å²) in [5.74, 6) is -0.321. The predicted molar refractivity (Wildman–Crippen MR) is 74.9 cm³/mol. The van der Waals surface area contributed by atoms with E-state index in [0.717, 1.165) is 11.3 Å². The molecule has 110 valence electrons. The number of hydrogen-bond acceptors (Lipinski definition) is 3. The second-order valence-corrected chi connectivity index (χ2v) is 4.87. The lowest BCUT2D eigenvalue weighted by atomic mass is 10.1. The standard InChI is InChI=1S/C14H20N2O4/c1-14(2,12(17)18)16-13(19)15-9-8-10-6-4-5-7-11(10)20-3/h4-7H,8-9H2,1-3H3,(H,17,18)(H2,15,16,19). The number of methoxy groups -OCH3 is 1. The number of carboxylic acids is 1. The average Bonchev–Trinajstić information content (AvgIpc) is 2.38. The molecule has 0 unspecified atom stereocenters. The highest BCUT2D eigenvalue weighted by molar-refractivity contribution is 5.85. The van der Waals surface area contributed by atoms with Crippen molar-refractivity contribution in [3.8, 4) is 5.75 Å². The van der Waals surface area contributed by atoms with E-state index >= 15 is 0 Å². The van der Waals surface area contributed by atoms with Gasteiger partial charge in [-0.2, -0.15) is 0 Å². The zero-order valence-electron chi connectivity index (χ0n) is 11.9. The van der Waals surface area contributed by atoms with Crippen LogP contribution in [0.4, 0.5) is 4.79 Å². The number of nitrogens with one attached hydrogen (secondary N) is 2. The molecule has 0 aliphatic heterocycles. The number of carboxylic acid groups (broad SMARTS) is 1. The number of aliphatic carboxylic acids is 1. The van der Waals surface area contributed by atoms with Gasteiger partial charge in [0.2, 0.25) is 0 Å². The number of para-hydroxylation sites is 1. The highest BCUT2D eigenvalue weighted by atomic mass is 16.5. The molecule has 0 spiro atoms. The summed E-state index contributed by atoms with van der Waals surface area (Å²) >= 11 is 0. The first-order valence-corrected chi connectivity index (χ1v) is 6.28. The Bertz CT molecular complexity index is 486. The van der Waals surface area contributed by atoms with Gasteiger partial charge in [-0.1, -0.05) is 18.2 Å². The molecule has 1 aromatic rings. The lowest BCUT2D eigenvalue weighted by Gasteiger charge is -2.21. The molecule has 6 nitrogen and oxygen atoms in total. The van der Waals surface area contributed by atoms with Crippen LogP contribution in [0.1, 0.15) is 19.4 Å². The molecule has 0 atom stereocenters. The summed E-state index contributed by atoms with van der Waals surface area (Å²) in [6, 6.07) is 7.03. The minimum atomic E-state index is -1.30. The molecule has 0 saturated carbocycles. The van der Waals surface area contributed by atoms with Gasteiger partial charge in [-0.3, -0.25) is 0 Å². The minimum absolute atomic E-state index is 0.391. The summed E-state index contributed by atoms with van der Waals surface area (Å²) in [6.07, 6.45) is 0.602. The Balaban J connectivity index is 2.45. The molecule has 0 saturated heterocycles. The van der Waals surface area contributed by atoms with Crippen LogP contribution in [0.5, 0.6) is 5.75 Å². The molecule has 6 heteroatoms. The number of ether oxygens (including phenoxy) is 1. The maximum atomic E-state index is 11.6. The van der Waals surface area contributed by atoms with Crippen LogP contribution >= 0.6 is 0 Å². The second kappa shape index (κ2) is 6.79. The maximum Gasteiger partial charge on any atom is 0.328 e.